The number of rotatable bonds is 44. The molecule has 1 saturated heterocycles. The average molecular weight is 914 g/mol. The van der Waals surface area contributed by atoms with Crippen molar-refractivity contribution in [2.45, 2.75) is 262 Å². The van der Waals surface area contributed by atoms with Crippen molar-refractivity contribution >= 4 is 5.91 Å². The highest BCUT2D eigenvalue weighted by Crippen LogP contribution is 2.23. The molecule has 1 aliphatic rings. The lowest BCUT2D eigenvalue weighted by Crippen LogP contribution is -2.60. The first kappa shape index (κ1) is 60.6. The molecule has 1 amide bonds. The molecule has 1 rings (SSSR count). The minimum absolute atomic E-state index is 0.210. The summed E-state index contributed by atoms with van der Waals surface area (Å²) in [4.78, 5) is 13.0. The smallest absolute Gasteiger partial charge is 0.220 e. The van der Waals surface area contributed by atoms with Gasteiger partial charge in [-0.05, 0) is 77.0 Å². The molecule has 1 heterocycles. The Morgan fingerprint density at radius 2 is 0.969 bits per heavy atom. The van der Waals surface area contributed by atoms with Gasteiger partial charge in [-0.1, -0.05) is 209 Å². The van der Waals surface area contributed by atoms with Gasteiger partial charge in [-0.3, -0.25) is 4.79 Å². The standard InChI is InChI=1S/C56H99NO8/c1-3-5-7-9-11-13-15-17-19-20-21-22-23-24-25-26-27-28-29-30-32-33-35-37-39-41-43-45-50(59)49(48-64-56-55(63)54(62)53(61)51(47-58)65-56)57-52(60)46-44-42-40-38-36-34-31-18-16-14-12-10-8-6-4-2/h6,8,12,14,18,29-31,35,37,43,45,49-51,53-56,58-59,61-63H,3-5,7,9-11,13,15-17,19-28,32-34,36,38-42,44,46-48H2,1-2H3,(H,57,60)/b8-6-,14-12-,30-29+,31-18-,37-35+,45-43+. The highest BCUT2D eigenvalue weighted by molar-refractivity contribution is 5.76. The Balaban J connectivity index is 2.29. The number of aliphatic hydroxyl groups excluding tert-OH is 5. The summed E-state index contributed by atoms with van der Waals surface area (Å²) >= 11 is 0. The van der Waals surface area contributed by atoms with E-state index in [9.17, 15) is 30.3 Å². The lowest BCUT2D eigenvalue weighted by atomic mass is 9.99. The predicted octanol–water partition coefficient (Wildman–Crippen LogP) is 12.5. The normalized spacial score (nSPS) is 20.5. The number of hydrogen-bond acceptors (Lipinski definition) is 8. The number of hydrogen-bond donors (Lipinski definition) is 6. The Labute approximate surface area is 398 Å². The summed E-state index contributed by atoms with van der Waals surface area (Å²) in [5, 5.41) is 54.3. The number of carbonyl (C=O) groups is 1. The maximum Gasteiger partial charge on any atom is 0.220 e. The maximum atomic E-state index is 13.0. The summed E-state index contributed by atoms with van der Waals surface area (Å²) in [6.07, 6.45) is 55.4. The molecule has 0 bridgehead atoms. The minimum atomic E-state index is -1.58. The number of ether oxygens (including phenoxy) is 2. The quantitative estimate of drug-likeness (QED) is 0.0261. The summed E-state index contributed by atoms with van der Waals surface area (Å²) in [6, 6.07) is -0.841. The fraction of sp³-hybridized carbons (Fsp3) is 0.768. The molecule has 1 aliphatic heterocycles. The van der Waals surface area contributed by atoms with Crippen LogP contribution in [0.1, 0.15) is 219 Å². The van der Waals surface area contributed by atoms with E-state index in [2.05, 4.69) is 79.9 Å². The minimum Gasteiger partial charge on any atom is -0.394 e. The molecule has 0 aromatic carbocycles. The van der Waals surface area contributed by atoms with Crippen molar-refractivity contribution in [3.8, 4) is 0 Å². The van der Waals surface area contributed by atoms with Crippen LogP contribution < -0.4 is 5.32 Å². The zero-order valence-corrected chi connectivity index (χ0v) is 41.5. The van der Waals surface area contributed by atoms with Gasteiger partial charge in [0.15, 0.2) is 6.29 Å². The second-order valence-corrected chi connectivity index (χ2v) is 18.3. The Morgan fingerprint density at radius 3 is 1.48 bits per heavy atom. The van der Waals surface area contributed by atoms with Crippen LogP contribution in [0.15, 0.2) is 72.9 Å². The van der Waals surface area contributed by atoms with Crippen molar-refractivity contribution in [1.29, 1.82) is 0 Å². The molecule has 0 aromatic heterocycles. The third-order valence-corrected chi connectivity index (χ3v) is 12.2. The Hall–Kier alpha value is -2.37. The highest BCUT2D eigenvalue weighted by Gasteiger charge is 2.44. The van der Waals surface area contributed by atoms with Gasteiger partial charge >= 0.3 is 0 Å². The summed E-state index contributed by atoms with van der Waals surface area (Å²) in [7, 11) is 0. The third-order valence-electron chi connectivity index (χ3n) is 12.2. The molecule has 9 nitrogen and oxygen atoms in total. The van der Waals surface area contributed by atoms with E-state index in [1.165, 1.54) is 116 Å². The van der Waals surface area contributed by atoms with Gasteiger partial charge in [-0.25, -0.2) is 0 Å². The number of amides is 1. The van der Waals surface area contributed by atoms with Gasteiger partial charge in [0.25, 0.3) is 0 Å². The number of carbonyl (C=O) groups excluding carboxylic acids is 1. The average Bonchev–Trinajstić information content (AvgIpc) is 3.31. The monoisotopic (exact) mass is 914 g/mol. The molecule has 0 saturated carbocycles. The molecule has 0 radical (unpaired) electrons. The van der Waals surface area contributed by atoms with Crippen LogP contribution >= 0.6 is 0 Å². The van der Waals surface area contributed by atoms with E-state index in [-0.39, 0.29) is 12.5 Å². The SMILES string of the molecule is CC/C=C\C/C=C\C/C=C\CCCCCCCC(=O)NC(COC1OC(CO)C(O)C(O)C1O)C(O)/C=C/CC/C=C/CC/C=C/CCCCCCCCCCCCCCCCCCC. The molecule has 65 heavy (non-hydrogen) atoms. The van der Waals surface area contributed by atoms with Gasteiger partial charge in [0.2, 0.25) is 5.91 Å². The van der Waals surface area contributed by atoms with Crippen molar-refractivity contribution in [2.75, 3.05) is 13.2 Å². The lowest BCUT2D eigenvalue weighted by Gasteiger charge is -2.40. The van der Waals surface area contributed by atoms with E-state index in [4.69, 9.17) is 9.47 Å². The molecule has 7 atom stereocenters. The molecule has 6 N–H and O–H groups in total. The zero-order valence-electron chi connectivity index (χ0n) is 41.5. The Morgan fingerprint density at radius 1 is 0.538 bits per heavy atom. The Bertz CT molecular complexity index is 1240. The second-order valence-electron chi connectivity index (χ2n) is 18.3. The lowest BCUT2D eigenvalue weighted by molar-refractivity contribution is -0.302. The van der Waals surface area contributed by atoms with E-state index in [1.807, 2.05) is 6.08 Å². The van der Waals surface area contributed by atoms with Crippen LogP contribution in [0.2, 0.25) is 0 Å². The number of allylic oxidation sites excluding steroid dienone is 11. The summed E-state index contributed by atoms with van der Waals surface area (Å²) < 4.78 is 11.2. The molecule has 1 fully saturated rings. The van der Waals surface area contributed by atoms with Crippen LogP contribution in [-0.2, 0) is 14.3 Å². The largest absolute Gasteiger partial charge is 0.394 e. The van der Waals surface area contributed by atoms with E-state index < -0.39 is 49.5 Å². The summed E-state index contributed by atoms with van der Waals surface area (Å²) in [6.45, 7) is 3.63. The van der Waals surface area contributed by atoms with Crippen molar-refractivity contribution in [1.82, 2.24) is 5.32 Å². The van der Waals surface area contributed by atoms with Crippen LogP contribution in [0.25, 0.3) is 0 Å². The summed E-state index contributed by atoms with van der Waals surface area (Å²) in [5.74, 6) is -0.210. The molecule has 0 aromatic rings. The number of aliphatic hydroxyl groups is 5. The molecular weight excluding hydrogens is 815 g/mol. The molecule has 0 aliphatic carbocycles. The van der Waals surface area contributed by atoms with Crippen LogP contribution in [0.4, 0.5) is 0 Å². The topological polar surface area (TPSA) is 149 Å². The van der Waals surface area contributed by atoms with Crippen LogP contribution in [-0.4, -0.2) is 87.5 Å². The van der Waals surface area contributed by atoms with Crippen molar-refractivity contribution in [3.63, 3.8) is 0 Å². The van der Waals surface area contributed by atoms with Gasteiger partial charge < -0.3 is 40.3 Å². The van der Waals surface area contributed by atoms with Gasteiger partial charge in [0, 0.05) is 6.42 Å². The highest BCUT2D eigenvalue weighted by atomic mass is 16.7. The van der Waals surface area contributed by atoms with Crippen LogP contribution in [0, 0.1) is 0 Å². The van der Waals surface area contributed by atoms with Crippen molar-refractivity contribution in [2.24, 2.45) is 0 Å². The first-order valence-corrected chi connectivity index (χ1v) is 26.7. The van der Waals surface area contributed by atoms with E-state index in [0.29, 0.717) is 6.42 Å². The first-order chi connectivity index (χ1) is 31.8. The van der Waals surface area contributed by atoms with E-state index >= 15 is 0 Å². The first-order valence-electron chi connectivity index (χ1n) is 26.7. The molecule has 7 unspecified atom stereocenters. The number of unbranched alkanes of at least 4 members (excludes halogenated alkanes) is 24. The molecule has 9 heteroatoms. The van der Waals surface area contributed by atoms with Gasteiger partial charge in [-0.15, -0.1) is 0 Å². The number of nitrogens with one attached hydrogen (secondary N) is 1. The van der Waals surface area contributed by atoms with E-state index in [1.54, 1.807) is 6.08 Å². The predicted molar refractivity (Wildman–Crippen MR) is 272 cm³/mol. The maximum absolute atomic E-state index is 13.0. The fourth-order valence-electron chi connectivity index (χ4n) is 8.03. The summed E-state index contributed by atoms with van der Waals surface area (Å²) in [5.41, 5.74) is 0. The molecule has 376 valence electrons. The molecular formula is C56H99NO8. The van der Waals surface area contributed by atoms with Crippen LogP contribution in [0.5, 0.6) is 0 Å². The van der Waals surface area contributed by atoms with Gasteiger partial charge in [0.05, 0.1) is 25.4 Å². The van der Waals surface area contributed by atoms with Gasteiger partial charge in [-0.2, -0.15) is 0 Å². The fourth-order valence-corrected chi connectivity index (χ4v) is 8.03. The third kappa shape index (κ3) is 35.4. The van der Waals surface area contributed by atoms with Crippen molar-refractivity contribution in [3.05, 3.63) is 72.9 Å². The second kappa shape index (κ2) is 45.4. The van der Waals surface area contributed by atoms with Crippen LogP contribution in [0.3, 0.4) is 0 Å². The zero-order chi connectivity index (χ0) is 47.3. The Kier molecular flexibility index (Phi) is 42.4. The van der Waals surface area contributed by atoms with E-state index in [0.717, 1.165) is 83.5 Å². The van der Waals surface area contributed by atoms with Gasteiger partial charge in [0.1, 0.15) is 24.4 Å². The van der Waals surface area contributed by atoms with Crippen molar-refractivity contribution < 1.29 is 39.8 Å². The molecule has 0 spiro atoms.